The average Bonchev–Trinajstić information content (AvgIpc) is 2.81. The van der Waals surface area contributed by atoms with Crippen molar-refractivity contribution in [2.24, 2.45) is 0 Å². The number of alkyl halides is 3. The maximum absolute atomic E-state index is 13.5. The van der Waals surface area contributed by atoms with Gasteiger partial charge in [0.2, 0.25) is 0 Å². The molecule has 32 heavy (non-hydrogen) atoms. The van der Waals surface area contributed by atoms with Crippen LogP contribution in [0.2, 0.25) is 0 Å². The Morgan fingerprint density at radius 1 is 1.03 bits per heavy atom. The second kappa shape index (κ2) is 8.66. The number of halogens is 3. The van der Waals surface area contributed by atoms with E-state index in [0.29, 0.717) is 38.2 Å². The van der Waals surface area contributed by atoms with Crippen LogP contribution in [0.3, 0.4) is 0 Å². The topological polar surface area (TPSA) is 65.3 Å². The van der Waals surface area contributed by atoms with Crippen LogP contribution in [-0.2, 0) is 12.5 Å². The number of rotatable bonds is 6. The second-order valence-electron chi connectivity index (χ2n) is 7.80. The van der Waals surface area contributed by atoms with Gasteiger partial charge in [-0.1, -0.05) is 18.2 Å². The van der Waals surface area contributed by atoms with E-state index in [0.717, 1.165) is 11.3 Å². The lowest BCUT2D eigenvalue weighted by molar-refractivity contribution is -0.0280. The highest BCUT2D eigenvalue weighted by Crippen LogP contribution is 2.30. The fourth-order valence-electron chi connectivity index (χ4n) is 4.00. The lowest BCUT2D eigenvalue weighted by atomic mass is 10.1. The molecule has 0 atom stereocenters. The maximum Gasteiger partial charge on any atom is 0.341 e. The van der Waals surface area contributed by atoms with Crippen molar-refractivity contribution in [2.45, 2.75) is 12.5 Å². The van der Waals surface area contributed by atoms with Crippen LogP contribution in [0.5, 0.6) is 0 Å². The summed E-state index contributed by atoms with van der Waals surface area (Å²) < 4.78 is 40.8. The van der Waals surface area contributed by atoms with Crippen molar-refractivity contribution in [2.75, 3.05) is 37.8 Å². The minimum atomic E-state index is -3.48. The van der Waals surface area contributed by atoms with E-state index in [4.69, 9.17) is 0 Å². The van der Waals surface area contributed by atoms with Crippen LogP contribution in [0, 0.1) is 0 Å². The molecule has 0 aliphatic carbocycles. The molecule has 0 radical (unpaired) electrons. The number of piperazine rings is 1. The smallest absolute Gasteiger partial charge is 0.341 e. The van der Waals surface area contributed by atoms with Gasteiger partial charge >= 0.3 is 11.9 Å². The molecule has 0 bridgehead atoms. The fourth-order valence-corrected chi connectivity index (χ4v) is 4.00. The van der Waals surface area contributed by atoms with Gasteiger partial charge in [0, 0.05) is 50.2 Å². The van der Waals surface area contributed by atoms with Crippen molar-refractivity contribution in [1.29, 1.82) is 0 Å². The molecule has 2 aromatic heterocycles. The van der Waals surface area contributed by atoms with Gasteiger partial charge in [-0.2, -0.15) is 8.78 Å². The van der Waals surface area contributed by atoms with Crippen molar-refractivity contribution in [3.05, 3.63) is 81.8 Å². The summed E-state index contributed by atoms with van der Waals surface area (Å²) in [6, 6.07) is 12.4. The van der Waals surface area contributed by atoms with Crippen LogP contribution < -0.4 is 10.5 Å². The van der Waals surface area contributed by atoms with Crippen LogP contribution in [0.1, 0.15) is 21.5 Å². The molecular formula is C23H22F3N3O3. The van der Waals surface area contributed by atoms with Gasteiger partial charge in [-0.15, -0.1) is 0 Å². The number of hydrogen-bond donors (Lipinski definition) is 1. The number of nitrogens with zero attached hydrogens (tertiary/aromatic N) is 3. The van der Waals surface area contributed by atoms with Gasteiger partial charge in [-0.05, 0) is 35.9 Å². The molecule has 0 spiro atoms. The van der Waals surface area contributed by atoms with Crippen LogP contribution in [0.4, 0.5) is 18.9 Å². The van der Waals surface area contributed by atoms with E-state index in [1.54, 1.807) is 36.5 Å². The quantitative estimate of drug-likeness (QED) is 0.630. The zero-order chi connectivity index (χ0) is 22.9. The molecular weight excluding hydrogens is 423 g/mol. The van der Waals surface area contributed by atoms with E-state index in [2.05, 4.69) is 9.80 Å². The summed E-state index contributed by atoms with van der Waals surface area (Å²) in [5.41, 5.74) is 1.01. The third-order valence-electron chi connectivity index (χ3n) is 5.78. The SMILES string of the molecule is O=C(O)c1cc(CN2CCN(c3ccc(C(F)(F)CF)cc3)CC2)c2ccccn2c1=O. The first-order valence-electron chi connectivity index (χ1n) is 10.2. The summed E-state index contributed by atoms with van der Waals surface area (Å²) in [4.78, 5) is 28.1. The van der Waals surface area contributed by atoms with Gasteiger partial charge in [-0.3, -0.25) is 14.1 Å². The van der Waals surface area contributed by atoms with E-state index in [1.165, 1.54) is 22.6 Å². The van der Waals surface area contributed by atoms with E-state index in [-0.39, 0.29) is 11.1 Å². The molecule has 0 saturated carbocycles. The second-order valence-corrected chi connectivity index (χ2v) is 7.80. The van der Waals surface area contributed by atoms with Crippen LogP contribution >= 0.6 is 0 Å². The molecule has 1 N–H and O–H groups in total. The Balaban J connectivity index is 1.48. The summed E-state index contributed by atoms with van der Waals surface area (Å²) in [6.45, 7) is 1.38. The highest BCUT2D eigenvalue weighted by atomic mass is 19.3. The van der Waals surface area contributed by atoms with Gasteiger partial charge in [0.1, 0.15) is 5.56 Å². The number of pyridine rings is 2. The summed E-state index contributed by atoms with van der Waals surface area (Å²) in [5, 5.41) is 9.40. The standard InChI is InChI=1S/C23H22F3N3O3/c24-15-23(25,26)17-4-6-18(7-5-17)28-11-9-27(10-12-28)14-16-13-19(22(31)32)21(30)29-8-2-1-3-20(16)29/h1-8,13H,9-12,14-15H2,(H,31,32). The lowest BCUT2D eigenvalue weighted by Gasteiger charge is -2.36. The molecule has 0 unspecified atom stereocenters. The number of anilines is 1. The zero-order valence-corrected chi connectivity index (χ0v) is 17.2. The predicted octanol–water partition coefficient (Wildman–Crippen LogP) is 3.38. The number of benzene rings is 1. The van der Waals surface area contributed by atoms with E-state index in [1.807, 2.05) is 0 Å². The first-order chi connectivity index (χ1) is 15.3. The molecule has 4 rings (SSSR count). The highest BCUT2D eigenvalue weighted by Gasteiger charge is 2.31. The third-order valence-corrected chi connectivity index (χ3v) is 5.78. The van der Waals surface area contributed by atoms with Gasteiger partial charge in [-0.25, -0.2) is 9.18 Å². The normalized spacial score (nSPS) is 15.3. The van der Waals surface area contributed by atoms with Crippen molar-refractivity contribution in [3.63, 3.8) is 0 Å². The highest BCUT2D eigenvalue weighted by molar-refractivity contribution is 5.88. The summed E-state index contributed by atoms with van der Waals surface area (Å²) in [5.74, 6) is -4.74. The average molecular weight is 445 g/mol. The van der Waals surface area contributed by atoms with Crippen LogP contribution in [0.15, 0.2) is 59.5 Å². The first kappa shape index (κ1) is 21.9. The monoisotopic (exact) mass is 445 g/mol. The van der Waals surface area contributed by atoms with Crippen molar-refractivity contribution in [3.8, 4) is 0 Å². The van der Waals surface area contributed by atoms with Crippen LogP contribution in [0.25, 0.3) is 5.52 Å². The molecule has 1 aliphatic rings. The number of fused-ring (bicyclic) bond motifs is 1. The minimum Gasteiger partial charge on any atom is -0.477 e. The van der Waals surface area contributed by atoms with E-state index >= 15 is 0 Å². The number of carbonyl (C=O) groups is 1. The van der Waals surface area contributed by atoms with Gasteiger partial charge in [0.25, 0.3) is 5.56 Å². The molecule has 3 aromatic rings. The van der Waals surface area contributed by atoms with E-state index < -0.39 is 24.1 Å². The number of carboxylic acid groups (broad SMARTS) is 1. The Morgan fingerprint density at radius 2 is 1.72 bits per heavy atom. The van der Waals surface area contributed by atoms with Gasteiger partial charge in [0.15, 0.2) is 6.67 Å². The Bertz CT molecular complexity index is 1190. The largest absolute Gasteiger partial charge is 0.477 e. The molecule has 1 fully saturated rings. The number of aromatic nitrogens is 1. The Labute approximate surface area is 182 Å². The first-order valence-corrected chi connectivity index (χ1v) is 10.2. The van der Waals surface area contributed by atoms with Crippen molar-refractivity contribution in [1.82, 2.24) is 9.30 Å². The predicted molar refractivity (Wildman–Crippen MR) is 114 cm³/mol. The molecule has 1 aliphatic heterocycles. The molecule has 6 nitrogen and oxygen atoms in total. The summed E-state index contributed by atoms with van der Waals surface area (Å²) in [7, 11) is 0. The molecule has 0 amide bonds. The number of hydrogen-bond acceptors (Lipinski definition) is 4. The Kier molecular flexibility index (Phi) is 5.92. The summed E-state index contributed by atoms with van der Waals surface area (Å²) in [6.07, 6.45) is 1.56. The van der Waals surface area contributed by atoms with Crippen molar-refractivity contribution < 1.29 is 23.1 Å². The Hall–Kier alpha value is -3.33. The lowest BCUT2D eigenvalue weighted by Crippen LogP contribution is -2.46. The number of carboxylic acids is 1. The zero-order valence-electron chi connectivity index (χ0n) is 17.2. The Morgan fingerprint density at radius 3 is 2.34 bits per heavy atom. The van der Waals surface area contributed by atoms with Gasteiger partial charge in [0.05, 0.1) is 5.52 Å². The molecule has 168 valence electrons. The van der Waals surface area contributed by atoms with Gasteiger partial charge < -0.3 is 10.0 Å². The molecule has 1 aromatic carbocycles. The molecule has 3 heterocycles. The van der Waals surface area contributed by atoms with Crippen LogP contribution in [-0.4, -0.2) is 53.2 Å². The molecule has 9 heteroatoms. The minimum absolute atomic E-state index is 0.271. The number of aromatic carboxylic acids is 1. The molecule has 1 saturated heterocycles. The summed E-state index contributed by atoms with van der Waals surface area (Å²) >= 11 is 0. The maximum atomic E-state index is 13.5. The third kappa shape index (κ3) is 4.20. The van der Waals surface area contributed by atoms with E-state index in [9.17, 15) is 27.9 Å². The fraction of sp³-hybridized carbons (Fsp3) is 0.304. The van der Waals surface area contributed by atoms with Crippen molar-refractivity contribution >= 4 is 17.2 Å².